The molecular weight excluding hydrogens is 336 g/mol. The Morgan fingerprint density at radius 1 is 1.00 bits per heavy atom. The molecule has 102 valence electrons. The van der Waals surface area contributed by atoms with Crippen molar-refractivity contribution in [1.82, 2.24) is 0 Å². The molecule has 0 N–H and O–H groups in total. The summed E-state index contributed by atoms with van der Waals surface area (Å²) in [7, 11) is 0. The van der Waals surface area contributed by atoms with Gasteiger partial charge in [-0.2, -0.15) is 5.26 Å². The Morgan fingerprint density at radius 2 is 1.60 bits per heavy atom. The SMILES string of the molecule is Cc1cccc(C(C#N)c2c(Cl)c(Cl)cc(Cl)c2Cl)c1. The average Bonchev–Trinajstić information content (AvgIpc) is 2.41. The van der Waals surface area contributed by atoms with Gasteiger partial charge in [-0.15, -0.1) is 0 Å². The molecule has 20 heavy (non-hydrogen) atoms. The third-order valence-corrected chi connectivity index (χ3v) is 4.54. The van der Waals surface area contributed by atoms with Gasteiger partial charge in [-0.1, -0.05) is 76.2 Å². The number of hydrogen-bond acceptors (Lipinski definition) is 1. The van der Waals surface area contributed by atoms with E-state index in [-0.39, 0.29) is 20.1 Å². The van der Waals surface area contributed by atoms with Crippen LogP contribution in [0, 0.1) is 18.3 Å². The molecule has 0 heterocycles. The number of halogens is 4. The van der Waals surface area contributed by atoms with E-state index in [1.165, 1.54) is 6.07 Å². The first kappa shape index (κ1) is 15.5. The zero-order chi connectivity index (χ0) is 14.9. The fraction of sp³-hybridized carbons (Fsp3) is 0.133. The van der Waals surface area contributed by atoms with Crippen molar-refractivity contribution < 1.29 is 0 Å². The Hall–Kier alpha value is -0.910. The molecule has 0 aromatic heterocycles. The highest BCUT2D eigenvalue weighted by atomic mass is 35.5. The zero-order valence-corrected chi connectivity index (χ0v) is 13.4. The van der Waals surface area contributed by atoms with Gasteiger partial charge in [0.15, 0.2) is 0 Å². The molecule has 1 unspecified atom stereocenters. The highest BCUT2D eigenvalue weighted by Gasteiger charge is 2.23. The van der Waals surface area contributed by atoms with Gasteiger partial charge in [-0.05, 0) is 18.6 Å². The van der Waals surface area contributed by atoms with Gasteiger partial charge in [0.2, 0.25) is 0 Å². The zero-order valence-electron chi connectivity index (χ0n) is 10.4. The number of nitriles is 1. The molecule has 0 amide bonds. The van der Waals surface area contributed by atoms with Crippen molar-refractivity contribution >= 4 is 46.4 Å². The molecule has 1 atom stereocenters. The molecule has 0 saturated carbocycles. The van der Waals surface area contributed by atoms with Crippen molar-refractivity contribution in [3.05, 3.63) is 67.1 Å². The number of benzene rings is 2. The Labute approximate surface area is 137 Å². The first-order valence-corrected chi connectivity index (χ1v) is 7.26. The molecule has 2 rings (SSSR count). The highest BCUT2D eigenvalue weighted by molar-refractivity contribution is 6.48. The van der Waals surface area contributed by atoms with Crippen LogP contribution in [0.5, 0.6) is 0 Å². The van der Waals surface area contributed by atoms with Crippen LogP contribution < -0.4 is 0 Å². The molecule has 2 aromatic rings. The normalized spacial score (nSPS) is 12.0. The van der Waals surface area contributed by atoms with E-state index < -0.39 is 5.92 Å². The number of hydrogen-bond donors (Lipinski definition) is 0. The number of rotatable bonds is 2. The van der Waals surface area contributed by atoms with Crippen molar-refractivity contribution in [3.8, 4) is 6.07 Å². The quantitative estimate of drug-likeness (QED) is 0.589. The second-order valence-electron chi connectivity index (χ2n) is 4.36. The van der Waals surface area contributed by atoms with E-state index in [0.717, 1.165) is 11.1 Å². The molecule has 0 fully saturated rings. The van der Waals surface area contributed by atoms with E-state index in [1.54, 1.807) is 0 Å². The maximum atomic E-state index is 9.50. The van der Waals surface area contributed by atoms with Gasteiger partial charge < -0.3 is 0 Å². The van der Waals surface area contributed by atoms with E-state index in [4.69, 9.17) is 46.4 Å². The molecule has 0 aliphatic heterocycles. The van der Waals surface area contributed by atoms with E-state index in [0.29, 0.717) is 5.56 Å². The van der Waals surface area contributed by atoms with Gasteiger partial charge >= 0.3 is 0 Å². The summed E-state index contributed by atoms with van der Waals surface area (Å²) in [4.78, 5) is 0. The topological polar surface area (TPSA) is 23.8 Å². The number of aryl methyl sites for hydroxylation is 1. The summed E-state index contributed by atoms with van der Waals surface area (Å²) >= 11 is 24.5. The molecule has 0 aliphatic rings. The molecule has 0 radical (unpaired) electrons. The van der Waals surface area contributed by atoms with Crippen LogP contribution in [0.3, 0.4) is 0 Å². The number of nitrogens with zero attached hydrogens (tertiary/aromatic N) is 1. The minimum absolute atomic E-state index is 0.258. The molecule has 0 spiro atoms. The van der Waals surface area contributed by atoms with Gasteiger partial charge in [-0.25, -0.2) is 0 Å². The van der Waals surface area contributed by atoms with Crippen molar-refractivity contribution in [2.45, 2.75) is 12.8 Å². The van der Waals surface area contributed by atoms with Crippen molar-refractivity contribution in [2.75, 3.05) is 0 Å². The smallest absolute Gasteiger partial charge is 0.0992 e. The summed E-state index contributed by atoms with van der Waals surface area (Å²) in [5.41, 5.74) is 2.29. The maximum Gasteiger partial charge on any atom is 0.0992 e. The Morgan fingerprint density at radius 3 is 2.10 bits per heavy atom. The van der Waals surface area contributed by atoms with E-state index >= 15 is 0 Å². The van der Waals surface area contributed by atoms with Gasteiger partial charge in [-0.3, -0.25) is 0 Å². The lowest BCUT2D eigenvalue weighted by molar-refractivity contribution is 1.03. The lowest BCUT2D eigenvalue weighted by Crippen LogP contribution is -2.01. The summed E-state index contributed by atoms with van der Waals surface area (Å²) in [5, 5.41) is 10.6. The van der Waals surface area contributed by atoms with Crippen molar-refractivity contribution in [1.29, 1.82) is 5.26 Å². The van der Waals surface area contributed by atoms with Gasteiger partial charge in [0.05, 0.1) is 32.1 Å². The predicted molar refractivity (Wildman–Crippen MR) is 85.1 cm³/mol. The van der Waals surface area contributed by atoms with Gasteiger partial charge in [0.1, 0.15) is 0 Å². The lowest BCUT2D eigenvalue weighted by Gasteiger charge is -2.16. The first-order chi connectivity index (χ1) is 9.45. The first-order valence-electron chi connectivity index (χ1n) is 5.74. The average molecular weight is 345 g/mol. The van der Waals surface area contributed by atoms with Crippen LogP contribution in [0.15, 0.2) is 30.3 Å². The molecule has 2 aromatic carbocycles. The van der Waals surface area contributed by atoms with Crippen LogP contribution in [-0.4, -0.2) is 0 Å². The second kappa shape index (κ2) is 6.24. The van der Waals surface area contributed by atoms with Crippen LogP contribution >= 0.6 is 46.4 Å². The fourth-order valence-electron chi connectivity index (χ4n) is 2.00. The standard InChI is InChI=1S/C15H9Cl4N/c1-8-3-2-4-9(5-8)10(7-20)13-14(18)11(16)6-12(17)15(13)19/h2-6,10H,1H3. The molecule has 1 nitrogen and oxygen atoms in total. The molecular formula is C15H9Cl4N. The third kappa shape index (κ3) is 2.90. The van der Waals surface area contributed by atoms with E-state index in [1.807, 2.05) is 31.2 Å². The van der Waals surface area contributed by atoms with Crippen LogP contribution in [-0.2, 0) is 0 Å². The highest BCUT2D eigenvalue weighted by Crippen LogP contribution is 2.43. The molecule has 0 bridgehead atoms. The van der Waals surface area contributed by atoms with Crippen molar-refractivity contribution in [3.63, 3.8) is 0 Å². The molecule has 0 aliphatic carbocycles. The Balaban J connectivity index is 2.68. The van der Waals surface area contributed by atoms with Gasteiger partial charge in [0.25, 0.3) is 0 Å². The summed E-state index contributed by atoms with van der Waals surface area (Å²) in [6.45, 7) is 1.95. The summed E-state index contributed by atoms with van der Waals surface area (Å²) in [6, 6.07) is 11.3. The Bertz CT molecular complexity index is 678. The summed E-state index contributed by atoms with van der Waals surface area (Å²) < 4.78 is 0. The maximum absolute atomic E-state index is 9.50. The largest absolute Gasteiger partial charge is 0.197 e. The monoisotopic (exact) mass is 343 g/mol. The van der Waals surface area contributed by atoms with E-state index in [2.05, 4.69) is 6.07 Å². The minimum Gasteiger partial charge on any atom is -0.197 e. The fourth-order valence-corrected chi connectivity index (χ4v) is 3.04. The second-order valence-corrected chi connectivity index (χ2v) is 5.93. The van der Waals surface area contributed by atoms with Crippen LogP contribution in [0.1, 0.15) is 22.6 Å². The van der Waals surface area contributed by atoms with Crippen LogP contribution in [0.2, 0.25) is 20.1 Å². The van der Waals surface area contributed by atoms with E-state index in [9.17, 15) is 5.26 Å². The lowest BCUT2D eigenvalue weighted by atomic mass is 9.91. The Kier molecular flexibility index (Phi) is 4.83. The van der Waals surface area contributed by atoms with Crippen LogP contribution in [0.25, 0.3) is 0 Å². The third-order valence-electron chi connectivity index (χ3n) is 2.94. The predicted octanol–water partition coefficient (Wildman–Crippen LogP) is 6.26. The summed E-state index contributed by atoms with van der Waals surface area (Å²) in [6.07, 6.45) is 0. The molecule has 0 saturated heterocycles. The van der Waals surface area contributed by atoms with Crippen molar-refractivity contribution in [2.24, 2.45) is 0 Å². The summed E-state index contributed by atoms with van der Waals surface area (Å²) in [5.74, 6) is -0.619. The minimum atomic E-state index is -0.619. The molecule has 5 heteroatoms. The van der Waals surface area contributed by atoms with Gasteiger partial charge in [0, 0.05) is 5.56 Å². The van der Waals surface area contributed by atoms with Crippen LogP contribution in [0.4, 0.5) is 0 Å².